The van der Waals surface area contributed by atoms with Gasteiger partial charge in [0.2, 0.25) is 0 Å². The summed E-state index contributed by atoms with van der Waals surface area (Å²) in [4.78, 5) is 12.3. The fourth-order valence-corrected chi connectivity index (χ4v) is 2.44. The van der Waals surface area contributed by atoms with Gasteiger partial charge in [-0.2, -0.15) is 13.2 Å². The van der Waals surface area contributed by atoms with E-state index in [1.807, 2.05) is 0 Å². The van der Waals surface area contributed by atoms with Gasteiger partial charge in [-0.1, -0.05) is 6.07 Å². The third-order valence-corrected chi connectivity index (χ3v) is 3.63. The lowest BCUT2D eigenvalue weighted by Gasteiger charge is -2.11. The number of aryl methyl sites for hydroxylation is 1. The highest BCUT2D eigenvalue weighted by Gasteiger charge is 2.31. The van der Waals surface area contributed by atoms with Gasteiger partial charge in [0.15, 0.2) is 5.78 Å². The Kier molecular flexibility index (Phi) is 4.18. The zero-order valence-electron chi connectivity index (χ0n) is 10.8. The Labute approximate surface area is 126 Å². The summed E-state index contributed by atoms with van der Waals surface area (Å²) >= 11 is 3.07. The second-order valence-electron chi connectivity index (χ2n) is 4.48. The van der Waals surface area contributed by atoms with Gasteiger partial charge in [-0.3, -0.25) is 4.79 Å². The van der Waals surface area contributed by atoms with Gasteiger partial charge in [0.1, 0.15) is 5.82 Å². The molecule has 2 aromatic rings. The Balaban J connectivity index is 2.45. The smallest absolute Gasteiger partial charge is 0.289 e. The first-order valence-electron chi connectivity index (χ1n) is 5.88. The van der Waals surface area contributed by atoms with Gasteiger partial charge in [-0.05, 0) is 58.7 Å². The summed E-state index contributed by atoms with van der Waals surface area (Å²) in [5.41, 5.74) is -0.254. The van der Waals surface area contributed by atoms with E-state index in [0.29, 0.717) is 0 Å². The van der Waals surface area contributed by atoms with Crippen LogP contribution < -0.4 is 0 Å². The van der Waals surface area contributed by atoms with E-state index in [1.165, 1.54) is 13.0 Å². The van der Waals surface area contributed by atoms with Crippen LogP contribution in [0, 0.1) is 12.7 Å². The fraction of sp³-hybridized carbons (Fsp3) is 0.133. The van der Waals surface area contributed by atoms with Crippen LogP contribution in [0.2, 0.25) is 0 Å². The molecule has 0 heterocycles. The molecule has 0 aliphatic heterocycles. The van der Waals surface area contributed by atoms with E-state index in [-0.39, 0.29) is 21.2 Å². The summed E-state index contributed by atoms with van der Waals surface area (Å²) in [6.45, 7) is 1.43. The van der Waals surface area contributed by atoms with E-state index in [2.05, 4.69) is 15.9 Å². The van der Waals surface area contributed by atoms with Crippen LogP contribution in [0.1, 0.15) is 27.0 Å². The summed E-state index contributed by atoms with van der Waals surface area (Å²) < 4.78 is 51.1. The molecule has 2 aromatic carbocycles. The van der Waals surface area contributed by atoms with Crippen LogP contribution in [0.15, 0.2) is 40.9 Å². The Bertz CT molecular complexity index is 707. The second-order valence-corrected chi connectivity index (χ2v) is 5.34. The lowest BCUT2D eigenvalue weighted by Crippen LogP contribution is -2.09. The highest BCUT2D eigenvalue weighted by Crippen LogP contribution is 2.31. The standard InChI is InChI=1S/C15H9BrF4O/c1-8-6-9(15(18,19)20)2-4-11(8)14(21)12-5-3-10(17)7-13(12)16/h2-7H,1H3. The SMILES string of the molecule is Cc1cc(C(F)(F)F)ccc1C(=O)c1ccc(F)cc1Br. The van der Waals surface area contributed by atoms with Gasteiger partial charge in [0, 0.05) is 15.6 Å². The predicted octanol–water partition coefficient (Wildman–Crippen LogP) is 5.15. The number of rotatable bonds is 2. The van der Waals surface area contributed by atoms with Crippen molar-refractivity contribution in [1.82, 2.24) is 0 Å². The molecule has 0 atom stereocenters. The summed E-state index contributed by atoms with van der Waals surface area (Å²) in [5.74, 6) is -0.976. The van der Waals surface area contributed by atoms with Crippen molar-refractivity contribution in [2.45, 2.75) is 13.1 Å². The first-order chi connectivity index (χ1) is 9.70. The second kappa shape index (κ2) is 5.60. The minimum Gasteiger partial charge on any atom is -0.289 e. The van der Waals surface area contributed by atoms with Gasteiger partial charge in [-0.25, -0.2) is 4.39 Å². The van der Waals surface area contributed by atoms with Crippen LogP contribution >= 0.6 is 15.9 Å². The molecule has 1 nitrogen and oxygen atoms in total. The van der Waals surface area contributed by atoms with Crippen molar-refractivity contribution in [3.8, 4) is 0 Å². The molecule has 21 heavy (non-hydrogen) atoms. The summed E-state index contributed by atoms with van der Waals surface area (Å²) in [6.07, 6.45) is -4.46. The van der Waals surface area contributed by atoms with Crippen molar-refractivity contribution in [3.63, 3.8) is 0 Å². The lowest BCUT2D eigenvalue weighted by atomic mass is 9.97. The highest BCUT2D eigenvalue weighted by atomic mass is 79.9. The minimum absolute atomic E-state index is 0.148. The number of alkyl halides is 3. The molecule has 0 N–H and O–H groups in total. The van der Waals surface area contributed by atoms with E-state index in [4.69, 9.17) is 0 Å². The molecule has 0 fully saturated rings. The van der Waals surface area contributed by atoms with Crippen LogP contribution in [-0.2, 0) is 6.18 Å². The Morgan fingerprint density at radius 1 is 1.05 bits per heavy atom. The maximum atomic E-state index is 13.0. The molecular weight excluding hydrogens is 352 g/mol. The molecule has 0 unspecified atom stereocenters. The number of benzene rings is 2. The monoisotopic (exact) mass is 360 g/mol. The molecule has 0 saturated carbocycles. The molecule has 2 rings (SSSR count). The van der Waals surface area contributed by atoms with Gasteiger partial charge < -0.3 is 0 Å². The quantitative estimate of drug-likeness (QED) is 0.534. The molecule has 0 aliphatic carbocycles. The van der Waals surface area contributed by atoms with Gasteiger partial charge in [0.05, 0.1) is 5.56 Å². The zero-order chi connectivity index (χ0) is 15.8. The zero-order valence-corrected chi connectivity index (χ0v) is 12.3. The lowest BCUT2D eigenvalue weighted by molar-refractivity contribution is -0.137. The van der Waals surface area contributed by atoms with Gasteiger partial charge >= 0.3 is 6.18 Å². The predicted molar refractivity (Wildman–Crippen MR) is 73.7 cm³/mol. The largest absolute Gasteiger partial charge is 0.416 e. The maximum Gasteiger partial charge on any atom is 0.416 e. The molecule has 6 heteroatoms. The van der Waals surface area contributed by atoms with E-state index in [0.717, 1.165) is 30.3 Å². The first kappa shape index (κ1) is 15.7. The van der Waals surface area contributed by atoms with Gasteiger partial charge in [0.25, 0.3) is 0 Å². The first-order valence-corrected chi connectivity index (χ1v) is 6.67. The number of hydrogen-bond donors (Lipinski definition) is 0. The third-order valence-electron chi connectivity index (χ3n) is 2.97. The van der Waals surface area contributed by atoms with Crippen LogP contribution in [0.3, 0.4) is 0 Å². The van der Waals surface area contributed by atoms with Crippen LogP contribution in [0.4, 0.5) is 17.6 Å². The van der Waals surface area contributed by atoms with Crippen LogP contribution in [-0.4, -0.2) is 5.78 Å². The molecule has 0 spiro atoms. The molecule has 0 radical (unpaired) electrons. The van der Waals surface area contributed by atoms with E-state index >= 15 is 0 Å². The van der Waals surface area contributed by atoms with Crippen LogP contribution in [0.5, 0.6) is 0 Å². The molecular formula is C15H9BrF4O. The van der Waals surface area contributed by atoms with Crippen molar-refractivity contribution in [2.75, 3.05) is 0 Å². The fourth-order valence-electron chi connectivity index (χ4n) is 1.91. The topological polar surface area (TPSA) is 17.1 Å². The number of ketones is 1. The van der Waals surface area contributed by atoms with E-state index in [1.54, 1.807) is 0 Å². The number of carbonyl (C=O) groups excluding carboxylic acids is 1. The number of halogens is 5. The molecule has 0 aromatic heterocycles. The van der Waals surface area contributed by atoms with Crippen molar-refractivity contribution in [2.24, 2.45) is 0 Å². The Morgan fingerprint density at radius 2 is 1.67 bits per heavy atom. The molecule has 0 aliphatic rings. The Hall–Kier alpha value is -1.69. The number of carbonyl (C=O) groups is 1. The normalized spacial score (nSPS) is 11.5. The van der Waals surface area contributed by atoms with E-state index in [9.17, 15) is 22.4 Å². The maximum absolute atomic E-state index is 13.0. The van der Waals surface area contributed by atoms with Crippen molar-refractivity contribution in [3.05, 3.63) is 68.9 Å². The van der Waals surface area contributed by atoms with Crippen molar-refractivity contribution >= 4 is 21.7 Å². The van der Waals surface area contributed by atoms with Crippen LogP contribution in [0.25, 0.3) is 0 Å². The summed E-state index contributed by atoms with van der Waals surface area (Å²) in [7, 11) is 0. The summed E-state index contributed by atoms with van der Waals surface area (Å²) in [6, 6.07) is 6.46. The summed E-state index contributed by atoms with van der Waals surface area (Å²) in [5, 5.41) is 0. The van der Waals surface area contributed by atoms with E-state index < -0.39 is 23.3 Å². The minimum atomic E-state index is -4.46. The average Bonchev–Trinajstić information content (AvgIpc) is 2.36. The number of hydrogen-bond acceptors (Lipinski definition) is 1. The van der Waals surface area contributed by atoms with Gasteiger partial charge in [-0.15, -0.1) is 0 Å². The third kappa shape index (κ3) is 3.32. The average molecular weight is 361 g/mol. The molecule has 0 amide bonds. The highest BCUT2D eigenvalue weighted by molar-refractivity contribution is 9.10. The molecule has 0 bridgehead atoms. The Morgan fingerprint density at radius 3 is 2.19 bits per heavy atom. The molecule has 0 saturated heterocycles. The van der Waals surface area contributed by atoms with Crippen molar-refractivity contribution in [1.29, 1.82) is 0 Å². The van der Waals surface area contributed by atoms with Crippen molar-refractivity contribution < 1.29 is 22.4 Å². The molecule has 110 valence electrons.